The number of fused-ring (bicyclic) bond motifs is 1. The molecule has 0 saturated carbocycles. The molecule has 0 spiro atoms. The fourth-order valence-corrected chi connectivity index (χ4v) is 3.41. The number of halogens is 1. The minimum absolute atomic E-state index is 0.244. The topological polar surface area (TPSA) is 51.8 Å². The van der Waals surface area contributed by atoms with E-state index in [1.807, 2.05) is 13.0 Å². The molecule has 0 atom stereocenters. The third-order valence-corrected chi connectivity index (χ3v) is 4.04. The van der Waals surface area contributed by atoms with Crippen molar-refractivity contribution in [3.8, 4) is 0 Å². The lowest BCUT2D eigenvalue weighted by molar-refractivity contribution is 0.454. The molecule has 17 heavy (non-hydrogen) atoms. The molecule has 0 aliphatic heterocycles. The van der Waals surface area contributed by atoms with Crippen molar-refractivity contribution in [2.75, 3.05) is 0 Å². The van der Waals surface area contributed by atoms with Crippen LogP contribution in [0.4, 0.5) is 0 Å². The van der Waals surface area contributed by atoms with Crippen LogP contribution in [0.3, 0.4) is 0 Å². The van der Waals surface area contributed by atoms with E-state index < -0.39 is 0 Å². The van der Waals surface area contributed by atoms with Crippen LogP contribution >= 0.6 is 34.7 Å². The number of hydrogen-bond donors (Lipinski definition) is 0. The lowest BCUT2D eigenvalue weighted by Crippen LogP contribution is -1.86. The van der Waals surface area contributed by atoms with Gasteiger partial charge in [-0.1, -0.05) is 0 Å². The van der Waals surface area contributed by atoms with E-state index in [1.54, 1.807) is 17.5 Å². The Labute approximate surface area is 110 Å². The minimum atomic E-state index is 0.244. The second kappa shape index (κ2) is 4.29. The highest BCUT2D eigenvalue weighted by molar-refractivity contribution is 7.99. The molecule has 3 aromatic rings. The highest BCUT2D eigenvalue weighted by Crippen LogP contribution is 2.34. The smallest absolute Gasteiger partial charge is 0.261 e. The van der Waals surface area contributed by atoms with Gasteiger partial charge >= 0.3 is 0 Å². The molecular weight excluding hydrogens is 278 g/mol. The minimum Gasteiger partial charge on any atom is -0.440 e. The van der Waals surface area contributed by atoms with Gasteiger partial charge in [0.1, 0.15) is 16.1 Å². The van der Waals surface area contributed by atoms with Crippen molar-refractivity contribution in [2.24, 2.45) is 0 Å². The van der Waals surface area contributed by atoms with E-state index in [1.165, 1.54) is 22.9 Å². The summed E-state index contributed by atoms with van der Waals surface area (Å²) in [6.07, 6.45) is 3.13. The Morgan fingerprint density at radius 2 is 2.29 bits per heavy atom. The zero-order valence-corrected chi connectivity index (χ0v) is 11.1. The van der Waals surface area contributed by atoms with Crippen molar-refractivity contribution in [2.45, 2.75) is 17.2 Å². The van der Waals surface area contributed by atoms with Gasteiger partial charge in [-0.3, -0.25) is 0 Å². The van der Waals surface area contributed by atoms with Gasteiger partial charge in [-0.25, -0.2) is 15.0 Å². The summed E-state index contributed by atoms with van der Waals surface area (Å²) < 4.78 is 5.18. The maximum Gasteiger partial charge on any atom is 0.261 e. The first-order valence-corrected chi connectivity index (χ1v) is 6.74. The zero-order valence-electron chi connectivity index (χ0n) is 8.68. The second-order valence-electron chi connectivity index (χ2n) is 3.27. The first-order valence-electron chi connectivity index (χ1n) is 4.73. The summed E-state index contributed by atoms with van der Waals surface area (Å²) in [5.41, 5.74) is 0. The first-order chi connectivity index (χ1) is 8.22. The molecular formula is C10H6ClN3OS2. The molecule has 86 valence electrons. The third-order valence-electron chi connectivity index (χ3n) is 2.05. The van der Waals surface area contributed by atoms with Gasteiger partial charge in [0.2, 0.25) is 5.28 Å². The largest absolute Gasteiger partial charge is 0.440 e. The maximum absolute atomic E-state index is 5.89. The Morgan fingerprint density at radius 3 is 3.06 bits per heavy atom. The molecule has 3 aromatic heterocycles. The molecule has 3 heterocycles. The summed E-state index contributed by atoms with van der Waals surface area (Å²) in [4.78, 5) is 14.5. The molecule has 0 radical (unpaired) electrons. The van der Waals surface area contributed by atoms with Gasteiger partial charge in [0.25, 0.3) is 5.22 Å². The summed E-state index contributed by atoms with van der Waals surface area (Å²) in [5.74, 6) is 0. The van der Waals surface area contributed by atoms with Crippen LogP contribution in [0.25, 0.3) is 10.2 Å². The maximum atomic E-state index is 5.89. The molecule has 7 heteroatoms. The summed E-state index contributed by atoms with van der Waals surface area (Å²) in [6, 6.07) is 2.04. The summed E-state index contributed by atoms with van der Waals surface area (Å²) in [6.45, 7) is 2.03. The number of oxazole rings is 1. The molecule has 0 aliphatic carbocycles. The van der Waals surface area contributed by atoms with Crippen molar-refractivity contribution >= 4 is 44.9 Å². The van der Waals surface area contributed by atoms with Crippen LogP contribution in [0.15, 0.2) is 33.2 Å². The molecule has 0 fully saturated rings. The quantitative estimate of drug-likeness (QED) is 0.529. The predicted molar refractivity (Wildman–Crippen MR) is 67.8 cm³/mol. The molecule has 0 aliphatic rings. The van der Waals surface area contributed by atoms with Crippen LogP contribution in [0.1, 0.15) is 4.88 Å². The number of aryl methyl sites for hydroxylation is 1. The van der Waals surface area contributed by atoms with Crippen molar-refractivity contribution in [1.29, 1.82) is 0 Å². The molecule has 4 nitrogen and oxygen atoms in total. The Hall–Kier alpha value is -1.11. The van der Waals surface area contributed by atoms with E-state index in [-0.39, 0.29) is 5.28 Å². The van der Waals surface area contributed by atoms with Crippen molar-refractivity contribution < 1.29 is 4.42 Å². The van der Waals surface area contributed by atoms with E-state index >= 15 is 0 Å². The number of hydrogen-bond acceptors (Lipinski definition) is 6. The second-order valence-corrected chi connectivity index (χ2v) is 5.79. The summed E-state index contributed by atoms with van der Waals surface area (Å²) in [5, 5.41) is 2.55. The van der Waals surface area contributed by atoms with E-state index in [9.17, 15) is 0 Å². The summed E-state index contributed by atoms with van der Waals surface area (Å²) in [7, 11) is 0. The Kier molecular flexibility index (Phi) is 2.78. The monoisotopic (exact) mass is 283 g/mol. The van der Waals surface area contributed by atoms with E-state index in [0.29, 0.717) is 5.22 Å². The van der Waals surface area contributed by atoms with Gasteiger partial charge in [-0.05, 0) is 36.4 Å². The molecule has 0 amide bonds. The SMILES string of the molecule is Cc1cc2c(Sc3ncco3)nc(Cl)nc2s1. The average molecular weight is 284 g/mol. The number of nitrogens with zero attached hydrogens (tertiary/aromatic N) is 3. The summed E-state index contributed by atoms with van der Waals surface area (Å²) >= 11 is 8.83. The van der Waals surface area contributed by atoms with E-state index in [0.717, 1.165) is 15.2 Å². The van der Waals surface area contributed by atoms with Gasteiger partial charge in [0.15, 0.2) is 0 Å². The molecule has 3 rings (SSSR count). The number of rotatable bonds is 2. The molecule has 0 bridgehead atoms. The number of aromatic nitrogens is 3. The fourth-order valence-electron chi connectivity index (χ4n) is 1.41. The van der Waals surface area contributed by atoms with Crippen molar-refractivity contribution in [1.82, 2.24) is 15.0 Å². The average Bonchev–Trinajstić information content (AvgIpc) is 2.86. The highest BCUT2D eigenvalue weighted by atomic mass is 35.5. The molecule has 0 N–H and O–H groups in total. The van der Waals surface area contributed by atoms with Crippen LogP contribution in [0.2, 0.25) is 5.28 Å². The van der Waals surface area contributed by atoms with Gasteiger partial charge in [-0.15, -0.1) is 11.3 Å². The van der Waals surface area contributed by atoms with Gasteiger partial charge in [0, 0.05) is 10.3 Å². The van der Waals surface area contributed by atoms with E-state index in [2.05, 4.69) is 15.0 Å². The lowest BCUT2D eigenvalue weighted by Gasteiger charge is -1.98. The Balaban J connectivity index is 2.14. The third kappa shape index (κ3) is 2.15. The van der Waals surface area contributed by atoms with Gasteiger partial charge in [0.05, 0.1) is 6.20 Å². The van der Waals surface area contributed by atoms with Gasteiger partial charge in [-0.2, -0.15) is 0 Å². The van der Waals surface area contributed by atoms with Crippen molar-refractivity contribution in [3.05, 3.63) is 28.7 Å². The Bertz CT molecular complexity index is 666. The molecule has 0 saturated heterocycles. The van der Waals surface area contributed by atoms with Gasteiger partial charge < -0.3 is 4.42 Å². The van der Waals surface area contributed by atoms with E-state index in [4.69, 9.17) is 16.0 Å². The predicted octanol–water partition coefficient (Wildman–Crippen LogP) is 3.79. The Morgan fingerprint density at radius 1 is 1.41 bits per heavy atom. The van der Waals surface area contributed by atoms with Crippen LogP contribution in [0, 0.1) is 6.92 Å². The van der Waals surface area contributed by atoms with Crippen LogP contribution in [0.5, 0.6) is 0 Å². The molecule has 0 aromatic carbocycles. The van der Waals surface area contributed by atoms with Crippen LogP contribution in [-0.4, -0.2) is 15.0 Å². The van der Waals surface area contributed by atoms with Crippen molar-refractivity contribution in [3.63, 3.8) is 0 Å². The fraction of sp³-hybridized carbons (Fsp3) is 0.100. The highest BCUT2D eigenvalue weighted by Gasteiger charge is 2.12. The normalized spacial score (nSPS) is 11.2. The lowest BCUT2D eigenvalue weighted by atomic mass is 10.4. The first kappa shape index (κ1) is 11.0. The standard InChI is InChI=1S/C10H6ClN3OS2/c1-5-4-6-7(16-5)13-9(11)14-8(6)17-10-12-2-3-15-10/h2-4H,1H3. The zero-order chi connectivity index (χ0) is 11.8. The number of thiophene rings is 1. The molecule has 0 unspecified atom stereocenters. The van der Waals surface area contributed by atoms with Crippen LogP contribution < -0.4 is 0 Å². The van der Waals surface area contributed by atoms with Crippen LogP contribution in [-0.2, 0) is 0 Å².